The van der Waals surface area contributed by atoms with Gasteiger partial charge in [-0.2, -0.15) is 0 Å². The van der Waals surface area contributed by atoms with Crippen LogP contribution in [0.15, 0.2) is 66.9 Å². The summed E-state index contributed by atoms with van der Waals surface area (Å²) < 4.78 is 52.1. The highest BCUT2D eigenvalue weighted by molar-refractivity contribution is 6.04. The van der Waals surface area contributed by atoms with Gasteiger partial charge in [-0.25, -0.2) is 13.6 Å². The Bertz CT molecular complexity index is 2020. The van der Waals surface area contributed by atoms with Crippen molar-refractivity contribution in [1.82, 2.24) is 9.88 Å². The third-order valence-corrected chi connectivity index (χ3v) is 9.65. The molecule has 1 saturated heterocycles. The highest BCUT2D eigenvalue weighted by Gasteiger charge is 2.65. The van der Waals surface area contributed by atoms with Crippen LogP contribution in [-0.4, -0.2) is 60.2 Å². The zero-order chi connectivity index (χ0) is 38.1. The predicted octanol–water partition coefficient (Wildman–Crippen LogP) is 8.68. The van der Waals surface area contributed by atoms with Crippen LogP contribution in [0.5, 0.6) is 23.0 Å². The van der Waals surface area contributed by atoms with Gasteiger partial charge in [-0.1, -0.05) is 13.8 Å². The molecule has 4 aromatic rings. The molecule has 3 amide bonds. The molecule has 1 saturated carbocycles. The van der Waals surface area contributed by atoms with Crippen LogP contribution in [-0.2, 0) is 14.3 Å². The number of halogens is 2. The lowest BCUT2D eigenvalue weighted by atomic mass is 9.98. The monoisotopic (exact) mass is 734 g/mol. The number of likely N-dealkylation sites (tertiary alicyclic amines) is 1. The van der Waals surface area contributed by atoms with Crippen LogP contribution in [0.25, 0.3) is 10.9 Å². The van der Waals surface area contributed by atoms with Gasteiger partial charge in [-0.15, -0.1) is 0 Å². The lowest BCUT2D eigenvalue weighted by molar-refractivity contribution is -0.122. The molecule has 2 fully saturated rings. The van der Waals surface area contributed by atoms with Gasteiger partial charge in [0.15, 0.2) is 23.1 Å². The Morgan fingerprint density at radius 3 is 2.13 bits per heavy atom. The number of amides is 3. The van der Waals surface area contributed by atoms with Crippen LogP contribution in [0.4, 0.5) is 25.0 Å². The van der Waals surface area contributed by atoms with Gasteiger partial charge in [0, 0.05) is 51.0 Å². The molecule has 2 N–H and O–H groups in total. The Morgan fingerprint density at radius 2 is 1.51 bits per heavy atom. The van der Waals surface area contributed by atoms with Crippen molar-refractivity contribution < 1.29 is 45.0 Å². The number of hydrogen-bond acceptors (Lipinski definition) is 8. The van der Waals surface area contributed by atoms with E-state index in [0.717, 1.165) is 18.9 Å². The summed E-state index contributed by atoms with van der Waals surface area (Å²) in [5, 5.41) is 6.03. The summed E-state index contributed by atoms with van der Waals surface area (Å²) in [6.45, 7) is 10.7. The second-order valence-electron chi connectivity index (χ2n) is 15.1. The maximum atomic E-state index is 15.5. The van der Waals surface area contributed by atoms with E-state index >= 15 is 4.39 Å². The number of methoxy groups -OCH3 is 1. The van der Waals surface area contributed by atoms with Crippen molar-refractivity contribution in [3.63, 3.8) is 0 Å². The van der Waals surface area contributed by atoms with E-state index in [0.29, 0.717) is 53.5 Å². The molecular formula is C40H48F2N4O7. The molecular weight excluding hydrogens is 686 g/mol. The molecule has 1 aromatic heterocycles. The van der Waals surface area contributed by atoms with Crippen molar-refractivity contribution in [2.75, 3.05) is 37.4 Å². The number of nitrogens with zero attached hydrogens (tertiary/aromatic N) is 2. The topological polar surface area (TPSA) is 128 Å². The number of carbonyl (C=O) groups is 3. The largest absolute Gasteiger partial charge is 0.493 e. The molecule has 11 nitrogen and oxygen atoms in total. The van der Waals surface area contributed by atoms with E-state index in [1.54, 1.807) is 29.3 Å². The Labute approximate surface area is 309 Å². The van der Waals surface area contributed by atoms with Crippen LogP contribution in [0.2, 0.25) is 0 Å². The molecule has 53 heavy (non-hydrogen) atoms. The first kappa shape index (κ1) is 37.3. The van der Waals surface area contributed by atoms with E-state index in [1.165, 1.54) is 43.5 Å². The minimum atomic E-state index is -0.712. The molecule has 0 bridgehead atoms. The average molecular weight is 735 g/mol. The van der Waals surface area contributed by atoms with Crippen LogP contribution in [0.3, 0.4) is 0 Å². The fourth-order valence-corrected chi connectivity index (χ4v) is 6.68. The van der Waals surface area contributed by atoms with Gasteiger partial charge in [0.25, 0.3) is 0 Å². The molecule has 0 radical (unpaired) electrons. The van der Waals surface area contributed by atoms with Crippen molar-refractivity contribution in [3.05, 3.63) is 78.5 Å². The second-order valence-corrected chi connectivity index (χ2v) is 15.1. The smallest absolute Gasteiger partial charge is 0.410 e. The van der Waals surface area contributed by atoms with Crippen LogP contribution in [0, 0.1) is 34.8 Å². The number of nitrogens with one attached hydrogen (secondary N) is 2. The van der Waals surface area contributed by atoms with E-state index in [2.05, 4.69) is 15.6 Å². The van der Waals surface area contributed by atoms with Gasteiger partial charge in [0.1, 0.15) is 17.2 Å². The average Bonchev–Trinajstić information content (AvgIpc) is 3.70. The lowest BCUT2D eigenvalue weighted by Gasteiger charge is -2.33. The van der Waals surface area contributed by atoms with Crippen LogP contribution < -0.4 is 24.8 Å². The Morgan fingerprint density at radius 1 is 0.868 bits per heavy atom. The molecule has 3 aromatic carbocycles. The minimum absolute atomic E-state index is 0. The van der Waals surface area contributed by atoms with E-state index in [1.807, 2.05) is 34.6 Å². The van der Waals surface area contributed by atoms with Gasteiger partial charge < -0.3 is 34.5 Å². The first-order valence-corrected chi connectivity index (χ1v) is 17.5. The van der Waals surface area contributed by atoms with Crippen molar-refractivity contribution in [1.29, 1.82) is 0 Å². The summed E-state index contributed by atoms with van der Waals surface area (Å²) in [7, 11) is 1.54. The molecule has 13 heteroatoms. The zero-order valence-corrected chi connectivity index (χ0v) is 30.6. The molecule has 0 unspecified atom stereocenters. The number of aromatic nitrogens is 1. The number of benzene rings is 3. The van der Waals surface area contributed by atoms with Crippen molar-refractivity contribution >= 4 is 40.2 Å². The van der Waals surface area contributed by atoms with Gasteiger partial charge in [0.05, 0.1) is 31.1 Å². The zero-order valence-electron chi connectivity index (χ0n) is 30.6. The molecule has 2 heterocycles. The summed E-state index contributed by atoms with van der Waals surface area (Å²) in [6, 6.07) is 14.6. The normalized spacial score (nSPS) is 18.2. The van der Waals surface area contributed by atoms with Crippen LogP contribution in [0.1, 0.15) is 50.3 Å². The number of pyridine rings is 1. The quantitative estimate of drug-likeness (QED) is 0.166. The third kappa shape index (κ3) is 8.61. The number of anilines is 2. The summed E-state index contributed by atoms with van der Waals surface area (Å²) >= 11 is 0. The van der Waals surface area contributed by atoms with E-state index in [9.17, 15) is 18.8 Å². The highest BCUT2D eigenvalue weighted by Crippen LogP contribution is 2.59. The fourth-order valence-electron chi connectivity index (χ4n) is 6.68. The van der Waals surface area contributed by atoms with Crippen molar-refractivity contribution in [3.8, 4) is 23.0 Å². The number of carbonyl (C=O) groups excluding carboxylic acids is 3. The van der Waals surface area contributed by atoms with Crippen LogP contribution >= 0.6 is 0 Å². The van der Waals surface area contributed by atoms with Gasteiger partial charge in [0.2, 0.25) is 11.8 Å². The first-order valence-electron chi connectivity index (χ1n) is 17.5. The van der Waals surface area contributed by atoms with Crippen molar-refractivity contribution in [2.24, 2.45) is 23.2 Å². The van der Waals surface area contributed by atoms with E-state index in [4.69, 9.17) is 18.9 Å². The standard InChI is InChI=1S/C40H44F2N4O7.2H2/c1-39(2,3)53-38(49)46-17-14-23(15-18-46)22-51-33-20-27-29(21-32(33)50-6)43-16-13-30(27)52-31-12-11-26(19-28(31)42)45-37(48)35-34(40(35,4)5)36(47)44-25-9-7-24(41)8-10-25;;/h7-13,16,19-21,23,34-35H,14-15,17-18,22H2,1-6H3,(H,44,47)(H,45,48);2*1H/t34-,35+;;/m0../s1. The summed E-state index contributed by atoms with van der Waals surface area (Å²) in [6.07, 6.45) is 2.74. The molecule has 1 aliphatic heterocycles. The number of fused-ring (bicyclic) bond motifs is 1. The van der Waals surface area contributed by atoms with Gasteiger partial charge >= 0.3 is 6.09 Å². The number of hydrogen-bond donors (Lipinski definition) is 2. The first-order chi connectivity index (χ1) is 25.1. The summed E-state index contributed by atoms with van der Waals surface area (Å²) in [5.41, 5.74) is -0.00944. The van der Waals surface area contributed by atoms with Gasteiger partial charge in [-0.05, 0) is 93.5 Å². The molecule has 2 aliphatic rings. The van der Waals surface area contributed by atoms with Gasteiger partial charge in [-0.3, -0.25) is 14.6 Å². The fraction of sp³-hybridized carbons (Fsp3) is 0.400. The number of ether oxygens (including phenoxy) is 4. The predicted molar refractivity (Wildman–Crippen MR) is 199 cm³/mol. The Kier molecular flexibility index (Phi) is 10.5. The number of piperidine rings is 1. The Balaban J connectivity index is 0.00000336. The summed E-state index contributed by atoms with van der Waals surface area (Å²) in [4.78, 5) is 44.8. The van der Waals surface area contributed by atoms with E-state index < -0.39 is 40.4 Å². The molecule has 0 spiro atoms. The molecule has 1 aliphatic carbocycles. The molecule has 2 atom stereocenters. The summed E-state index contributed by atoms with van der Waals surface area (Å²) in [5.74, 6) is -1.76. The van der Waals surface area contributed by atoms with Crippen molar-refractivity contribution in [2.45, 2.75) is 53.1 Å². The maximum Gasteiger partial charge on any atom is 0.410 e. The molecule has 284 valence electrons. The lowest BCUT2D eigenvalue weighted by Crippen LogP contribution is -2.42. The molecule has 6 rings (SSSR count). The number of rotatable bonds is 10. The minimum Gasteiger partial charge on any atom is -0.493 e. The second kappa shape index (κ2) is 14.9. The Hall–Kier alpha value is -5.46. The SMILES string of the molecule is COc1cc2nccc(Oc3ccc(NC(=O)[C@H]4[C@@H](C(=O)Nc5ccc(F)cc5)C4(C)C)cc3F)c2cc1OCC1CCN(C(=O)OC(C)(C)C)CC1.[HH].[HH]. The van der Waals surface area contributed by atoms with E-state index in [-0.39, 0.29) is 32.2 Å². The highest BCUT2D eigenvalue weighted by atomic mass is 19.1. The maximum absolute atomic E-state index is 15.5. The third-order valence-electron chi connectivity index (χ3n) is 9.65.